The van der Waals surface area contributed by atoms with Crippen LogP contribution in [0.5, 0.6) is 0 Å². The number of esters is 1. The standard InChI is InChI=1S/C29H43BrN2O5S/c1-3-5-18-37-28(36)22-23-26(34)32(16-11-6-7-12-17-33)25(29(23)19-21(30)24(22)38-29)27(35)31(15-4-2)20-13-9-8-10-14-20/h3-4,20-25,33H,1-2,5-19H2/t21?,22-,23+,24-,25?,29?/m1/s1. The van der Waals surface area contributed by atoms with Gasteiger partial charge in [-0.25, -0.2) is 0 Å². The number of likely N-dealkylation sites (tertiary alicyclic amines) is 1. The van der Waals surface area contributed by atoms with Gasteiger partial charge in [-0.2, -0.15) is 0 Å². The second-order valence-electron chi connectivity index (χ2n) is 11.1. The maximum atomic E-state index is 14.5. The molecule has 3 saturated heterocycles. The lowest BCUT2D eigenvalue weighted by atomic mass is 9.71. The molecule has 212 valence electrons. The summed E-state index contributed by atoms with van der Waals surface area (Å²) < 4.78 is 4.97. The molecule has 38 heavy (non-hydrogen) atoms. The first-order valence-corrected chi connectivity index (χ1v) is 16.1. The van der Waals surface area contributed by atoms with Gasteiger partial charge in [-0.15, -0.1) is 24.9 Å². The van der Waals surface area contributed by atoms with Crippen molar-refractivity contribution < 1.29 is 24.2 Å². The number of ether oxygens (including phenoxy) is 1. The molecule has 9 heteroatoms. The van der Waals surface area contributed by atoms with Crippen LogP contribution in [0.4, 0.5) is 0 Å². The number of halogens is 1. The fourth-order valence-corrected chi connectivity index (χ4v) is 10.7. The number of hydrogen-bond donors (Lipinski definition) is 1. The van der Waals surface area contributed by atoms with Crippen molar-refractivity contribution >= 4 is 45.5 Å². The van der Waals surface area contributed by atoms with E-state index >= 15 is 0 Å². The molecule has 4 aliphatic rings. The van der Waals surface area contributed by atoms with Crippen molar-refractivity contribution in [1.29, 1.82) is 0 Å². The Labute approximate surface area is 239 Å². The van der Waals surface area contributed by atoms with Crippen LogP contribution in [-0.2, 0) is 19.1 Å². The van der Waals surface area contributed by atoms with Gasteiger partial charge in [-0.3, -0.25) is 14.4 Å². The molecule has 4 rings (SSSR count). The number of fused-ring (bicyclic) bond motifs is 1. The third kappa shape index (κ3) is 5.62. The topological polar surface area (TPSA) is 87.2 Å². The Bertz CT molecular complexity index is 896. The number of unbranched alkanes of at least 4 members (excludes halogenated alkanes) is 3. The van der Waals surface area contributed by atoms with Crippen molar-refractivity contribution in [3.05, 3.63) is 25.3 Å². The number of aliphatic hydroxyl groups is 1. The molecule has 6 atom stereocenters. The second-order valence-corrected chi connectivity index (χ2v) is 13.9. The van der Waals surface area contributed by atoms with Gasteiger partial charge in [-0.05, 0) is 38.5 Å². The summed E-state index contributed by atoms with van der Waals surface area (Å²) in [7, 11) is 0. The molecule has 4 fully saturated rings. The average molecular weight is 612 g/mol. The Morgan fingerprint density at radius 1 is 1.16 bits per heavy atom. The molecule has 1 N–H and O–H groups in total. The molecule has 0 aromatic carbocycles. The fourth-order valence-electron chi connectivity index (χ4n) is 7.11. The summed E-state index contributed by atoms with van der Waals surface area (Å²) in [6.45, 7) is 9.01. The Balaban J connectivity index is 1.65. The number of alkyl halides is 1. The van der Waals surface area contributed by atoms with Crippen molar-refractivity contribution in [2.45, 2.75) is 97.5 Å². The van der Waals surface area contributed by atoms with E-state index in [4.69, 9.17) is 9.84 Å². The van der Waals surface area contributed by atoms with Gasteiger partial charge in [0, 0.05) is 35.8 Å². The molecule has 1 spiro atoms. The normalized spacial score (nSPS) is 32.3. The van der Waals surface area contributed by atoms with Crippen molar-refractivity contribution in [2.75, 3.05) is 26.3 Å². The Kier molecular flexibility index (Phi) is 10.4. The zero-order chi connectivity index (χ0) is 27.3. The number of thioether (sulfide) groups is 1. The highest BCUT2D eigenvalue weighted by molar-refractivity contribution is 9.09. The van der Waals surface area contributed by atoms with Gasteiger partial charge in [0.05, 0.1) is 23.2 Å². The first kappa shape index (κ1) is 29.7. The lowest BCUT2D eigenvalue weighted by Gasteiger charge is -2.41. The van der Waals surface area contributed by atoms with Crippen LogP contribution >= 0.6 is 27.7 Å². The molecule has 3 unspecified atom stereocenters. The maximum Gasteiger partial charge on any atom is 0.310 e. The number of carbonyl (C=O) groups excluding carboxylic acids is 3. The third-order valence-corrected chi connectivity index (χ3v) is 12.0. The Hall–Kier alpha value is -1.32. The molecule has 2 bridgehead atoms. The van der Waals surface area contributed by atoms with Crippen molar-refractivity contribution in [3.63, 3.8) is 0 Å². The highest BCUT2D eigenvalue weighted by Crippen LogP contribution is 2.68. The quantitative estimate of drug-likeness (QED) is 0.135. The molecular weight excluding hydrogens is 568 g/mol. The van der Waals surface area contributed by atoms with Crippen LogP contribution in [-0.4, -0.2) is 85.9 Å². The molecule has 3 heterocycles. The molecular formula is C29H43BrN2O5S. The van der Waals surface area contributed by atoms with Gasteiger partial charge >= 0.3 is 5.97 Å². The SMILES string of the molecule is C=CCCOC(=O)[C@H]1[C@@H]2SC3(CC2Br)C(C(=O)N(CC=C)C2CCCCC2)N(CCCCCCO)C(=O)[C@H]13. The number of nitrogens with zero attached hydrogens (tertiary/aromatic N) is 2. The van der Waals surface area contributed by atoms with Gasteiger partial charge in [0.15, 0.2) is 0 Å². The Morgan fingerprint density at radius 2 is 1.89 bits per heavy atom. The molecule has 1 aliphatic carbocycles. The molecule has 0 radical (unpaired) electrons. The summed E-state index contributed by atoms with van der Waals surface area (Å²) >= 11 is 5.49. The molecule has 1 saturated carbocycles. The van der Waals surface area contributed by atoms with Crippen LogP contribution in [0.3, 0.4) is 0 Å². The predicted molar refractivity (Wildman–Crippen MR) is 154 cm³/mol. The predicted octanol–water partition coefficient (Wildman–Crippen LogP) is 4.47. The largest absolute Gasteiger partial charge is 0.465 e. The number of rotatable bonds is 14. The highest BCUT2D eigenvalue weighted by Gasteiger charge is 2.76. The van der Waals surface area contributed by atoms with E-state index in [-0.39, 0.29) is 47.1 Å². The first-order valence-electron chi connectivity index (χ1n) is 14.3. The van der Waals surface area contributed by atoms with E-state index in [1.807, 2.05) is 9.80 Å². The van der Waals surface area contributed by atoms with E-state index in [0.29, 0.717) is 25.9 Å². The minimum Gasteiger partial charge on any atom is -0.465 e. The minimum atomic E-state index is -0.645. The van der Waals surface area contributed by atoms with Crippen LogP contribution < -0.4 is 0 Å². The Morgan fingerprint density at radius 3 is 2.58 bits per heavy atom. The third-order valence-electron chi connectivity index (χ3n) is 8.79. The van der Waals surface area contributed by atoms with E-state index in [2.05, 4.69) is 29.1 Å². The van der Waals surface area contributed by atoms with Crippen LogP contribution in [0.15, 0.2) is 25.3 Å². The van der Waals surface area contributed by atoms with E-state index in [1.165, 1.54) is 6.42 Å². The number of amides is 2. The molecule has 0 aromatic rings. The van der Waals surface area contributed by atoms with Crippen molar-refractivity contribution in [2.24, 2.45) is 11.8 Å². The minimum absolute atomic E-state index is 0.0107. The molecule has 0 aromatic heterocycles. The van der Waals surface area contributed by atoms with Gasteiger partial charge in [0.1, 0.15) is 6.04 Å². The van der Waals surface area contributed by atoms with Crippen LogP contribution in [0.2, 0.25) is 0 Å². The summed E-state index contributed by atoms with van der Waals surface area (Å²) in [5.41, 5.74) is 0. The van der Waals surface area contributed by atoms with Crippen molar-refractivity contribution in [1.82, 2.24) is 9.80 Å². The van der Waals surface area contributed by atoms with E-state index in [9.17, 15) is 14.4 Å². The van der Waals surface area contributed by atoms with E-state index in [1.54, 1.807) is 23.9 Å². The summed E-state index contributed by atoms with van der Waals surface area (Å²) in [6, 6.07) is -0.435. The van der Waals surface area contributed by atoms with Crippen LogP contribution in [0.1, 0.15) is 70.6 Å². The van der Waals surface area contributed by atoms with Crippen LogP contribution in [0, 0.1) is 11.8 Å². The summed E-state index contributed by atoms with van der Waals surface area (Å²) in [5.74, 6) is -1.51. The first-order chi connectivity index (χ1) is 18.4. The molecule has 2 amide bonds. The maximum absolute atomic E-state index is 14.5. The smallest absolute Gasteiger partial charge is 0.310 e. The number of hydrogen-bond acceptors (Lipinski definition) is 6. The lowest BCUT2D eigenvalue weighted by Crippen LogP contribution is -2.57. The number of carbonyl (C=O) groups is 3. The number of aliphatic hydroxyl groups excluding tert-OH is 1. The average Bonchev–Trinajstić information content (AvgIpc) is 3.51. The van der Waals surface area contributed by atoms with Gasteiger partial charge in [0.2, 0.25) is 11.8 Å². The monoisotopic (exact) mass is 610 g/mol. The lowest BCUT2D eigenvalue weighted by molar-refractivity contribution is -0.154. The highest BCUT2D eigenvalue weighted by atomic mass is 79.9. The fraction of sp³-hybridized carbons (Fsp3) is 0.759. The zero-order valence-electron chi connectivity index (χ0n) is 22.4. The second kappa shape index (κ2) is 13.4. The van der Waals surface area contributed by atoms with Gasteiger partial charge < -0.3 is 19.6 Å². The molecule has 7 nitrogen and oxygen atoms in total. The van der Waals surface area contributed by atoms with Gasteiger partial charge in [0.25, 0.3) is 0 Å². The summed E-state index contributed by atoms with van der Waals surface area (Å²) in [6.07, 6.45) is 13.4. The van der Waals surface area contributed by atoms with E-state index in [0.717, 1.165) is 51.4 Å². The summed E-state index contributed by atoms with van der Waals surface area (Å²) in [4.78, 5) is 45.9. The van der Waals surface area contributed by atoms with Crippen molar-refractivity contribution in [3.8, 4) is 0 Å². The van der Waals surface area contributed by atoms with E-state index < -0.39 is 22.6 Å². The van der Waals surface area contributed by atoms with Crippen LogP contribution in [0.25, 0.3) is 0 Å². The molecule has 3 aliphatic heterocycles. The summed E-state index contributed by atoms with van der Waals surface area (Å²) in [5, 5.41) is 9.06. The van der Waals surface area contributed by atoms with Gasteiger partial charge in [-0.1, -0.05) is 60.2 Å². The zero-order valence-corrected chi connectivity index (χ0v) is 24.8.